The van der Waals surface area contributed by atoms with Gasteiger partial charge >= 0.3 is 0 Å². The van der Waals surface area contributed by atoms with Gasteiger partial charge in [-0.2, -0.15) is 0 Å². The van der Waals surface area contributed by atoms with Gasteiger partial charge in [0, 0.05) is 25.7 Å². The molecule has 94 valence electrons. The van der Waals surface area contributed by atoms with Gasteiger partial charge in [0.1, 0.15) is 5.82 Å². The van der Waals surface area contributed by atoms with Crippen molar-refractivity contribution in [2.75, 3.05) is 13.6 Å². The van der Waals surface area contributed by atoms with E-state index in [4.69, 9.17) is 5.73 Å². The standard InChI is InChI=1S/C13H19FN2O/c1-13(2,9-15)12(17)16(3)8-10-6-4-5-7-11(10)14/h4-7H,8-9,15H2,1-3H3. The van der Waals surface area contributed by atoms with Gasteiger partial charge < -0.3 is 10.6 Å². The minimum absolute atomic E-state index is 0.0803. The molecule has 0 aliphatic heterocycles. The molecule has 0 saturated carbocycles. The number of halogens is 1. The first-order valence-corrected chi connectivity index (χ1v) is 5.57. The Kier molecular flexibility index (Phi) is 4.23. The lowest BCUT2D eigenvalue weighted by atomic mass is 9.92. The smallest absolute Gasteiger partial charge is 0.229 e. The zero-order chi connectivity index (χ0) is 13.1. The van der Waals surface area contributed by atoms with Crippen LogP contribution in [0.5, 0.6) is 0 Å². The first-order chi connectivity index (χ1) is 7.88. The Labute approximate surface area is 101 Å². The van der Waals surface area contributed by atoms with Crippen molar-refractivity contribution in [1.29, 1.82) is 0 Å². The molecule has 0 radical (unpaired) electrons. The van der Waals surface area contributed by atoms with Crippen LogP contribution in [0.2, 0.25) is 0 Å². The Bertz CT molecular complexity index is 404. The number of hydrogen-bond donors (Lipinski definition) is 1. The molecule has 0 bridgehead atoms. The van der Waals surface area contributed by atoms with E-state index in [1.54, 1.807) is 39.1 Å². The Balaban J connectivity index is 2.77. The quantitative estimate of drug-likeness (QED) is 0.869. The van der Waals surface area contributed by atoms with Gasteiger partial charge in [-0.25, -0.2) is 4.39 Å². The third-order valence-corrected chi connectivity index (χ3v) is 2.80. The van der Waals surface area contributed by atoms with Crippen molar-refractivity contribution in [3.63, 3.8) is 0 Å². The Morgan fingerprint density at radius 2 is 2.00 bits per heavy atom. The van der Waals surface area contributed by atoms with Crippen molar-refractivity contribution in [2.45, 2.75) is 20.4 Å². The lowest BCUT2D eigenvalue weighted by Gasteiger charge is -2.28. The fraction of sp³-hybridized carbons (Fsp3) is 0.462. The SMILES string of the molecule is CN(Cc1ccccc1F)C(=O)C(C)(C)CN. The van der Waals surface area contributed by atoms with Crippen LogP contribution in [0, 0.1) is 11.2 Å². The molecule has 0 fully saturated rings. The lowest BCUT2D eigenvalue weighted by Crippen LogP contribution is -2.42. The van der Waals surface area contributed by atoms with E-state index in [0.29, 0.717) is 5.56 Å². The first kappa shape index (κ1) is 13.6. The van der Waals surface area contributed by atoms with Crippen molar-refractivity contribution in [2.24, 2.45) is 11.1 Å². The fourth-order valence-corrected chi connectivity index (χ4v) is 1.56. The van der Waals surface area contributed by atoms with E-state index in [1.807, 2.05) is 0 Å². The summed E-state index contributed by atoms with van der Waals surface area (Å²) in [5.41, 5.74) is 5.45. The van der Waals surface area contributed by atoms with Gasteiger partial charge in [0.05, 0.1) is 5.41 Å². The van der Waals surface area contributed by atoms with Crippen LogP contribution in [0.4, 0.5) is 4.39 Å². The summed E-state index contributed by atoms with van der Waals surface area (Å²) >= 11 is 0. The highest BCUT2D eigenvalue weighted by atomic mass is 19.1. The summed E-state index contributed by atoms with van der Waals surface area (Å²) in [6.07, 6.45) is 0. The van der Waals surface area contributed by atoms with Crippen LogP contribution in [-0.4, -0.2) is 24.4 Å². The summed E-state index contributed by atoms with van der Waals surface area (Å²) in [4.78, 5) is 13.5. The van der Waals surface area contributed by atoms with Crippen LogP contribution in [-0.2, 0) is 11.3 Å². The molecule has 0 aliphatic rings. The number of nitrogens with two attached hydrogens (primary N) is 1. The highest BCUT2D eigenvalue weighted by Gasteiger charge is 2.29. The number of carbonyl (C=O) groups excluding carboxylic acids is 1. The predicted molar refractivity (Wildman–Crippen MR) is 65.7 cm³/mol. The zero-order valence-corrected chi connectivity index (χ0v) is 10.5. The molecular weight excluding hydrogens is 219 g/mol. The summed E-state index contributed by atoms with van der Waals surface area (Å²) in [6.45, 7) is 4.10. The van der Waals surface area contributed by atoms with E-state index >= 15 is 0 Å². The number of amides is 1. The second kappa shape index (κ2) is 5.27. The number of carbonyl (C=O) groups is 1. The second-order valence-corrected chi connectivity index (χ2v) is 4.84. The molecule has 3 nitrogen and oxygen atoms in total. The molecule has 0 atom stereocenters. The molecule has 1 aromatic rings. The van der Waals surface area contributed by atoms with Gasteiger partial charge in [-0.05, 0) is 19.9 Å². The van der Waals surface area contributed by atoms with E-state index in [1.165, 1.54) is 11.0 Å². The normalized spacial score (nSPS) is 11.4. The third-order valence-electron chi connectivity index (χ3n) is 2.80. The lowest BCUT2D eigenvalue weighted by molar-refractivity contribution is -0.139. The van der Waals surface area contributed by atoms with Gasteiger partial charge in [-0.3, -0.25) is 4.79 Å². The van der Waals surface area contributed by atoms with Crippen molar-refractivity contribution >= 4 is 5.91 Å². The van der Waals surface area contributed by atoms with Gasteiger partial charge in [-0.1, -0.05) is 18.2 Å². The molecule has 0 saturated heterocycles. The average Bonchev–Trinajstić information content (AvgIpc) is 2.31. The maximum Gasteiger partial charge on any atom is 0.229 e. The van der Waals surface area contributed by atoms with Crippen LogP contribution < -0.4 is 5.73 Å². The highest BCUT2D eigenvalue weighted by molar-refractivity contribution is 5.81. The van der Waals surface area contributed by atoms with E-state index in [2.05, 4.69) is 0 Å². The Morgan fingerprint density at radius 3 is 2.53 bits per heavy atom. The highest BCUT2D eigenvalue weighted by Crippen LogP contribution is 2.18. The van der Waals surface area contributed by atoms with Crippen molar-refractivity contribution < 1.29 is 9.18 Å². The molecule has 1 aromatic carbocycles. The fourth-order valence-electron chi connectivity index (χ4n) is 1.56. The van der Waals surface area contributed by atoms with E-state index < -0.39 is 5.41 Å². The maximum absolute atomic E-state index is 13.4. The van der Waals surface area contributed by atoms with Crippen molar-refractivity contribution in [3.8, 4) is 0 Å². The maximum atomic E-state index is 13.4. The third kappa shape index (κ3) is 3.27. The summed E-state index contributed by atoms with van der Waals surface area (Å²) in [7, 11) is 1.66. The number of hydrogen-bond acceptors (Lipinski definition) is 2. The van der Waals surface area contributed by atoms with Crippen LogP contribution in [0.1, 0.15) is 19.4 Å². The molecule has 1 amide bonds. The van der Waals surface area contributed by atoms with Crippen molar-refractivity contribution in [1.82, 2.24) is 4.90 Å². The number of benzene rings is 1. The van der Waals surface area contributed by atoms with Gasteiger partial charge in [0.2, 0.25) is 5.91 Å². The van der Waals surface area contributed by atoms with Crippen LogP contribution in [0.15, 0.2) is 24.3 Å². The monoisotopic (exact) mass is 238 g/mol. The molecule has 0 heterocycles. The Morgan fingerprint density at radius 1 is 1.41 bits per heavy atom. The van der Waals surface area contributed by atoms with Gasteiger partial charge in [0.15, 0.2) is 0 Å². The molecular formula is C13H19FN2O. The first-order valence-electron chi connectivity index (χ1n) is 5.57. The molecule has 17 heavy (non-hydrogen) atoms. The minimum atomic E-state index is -0.611. The number of nitrogens with zero attached hydrogens (tertiary/aromatic N) is 1. The van der Waals surface area contributed by atoms with Gasteiger partial charge in [0.25, 0.3) is 0 Å². The minimum Gasteiger partial charge on any atom is -0.341 e. The molecule has 0 spiro atoms. The van der Waals surface area contributed by atoms with E-state index in [-0.39, 0.29) is 24.8 Å². The predicted octanol–water partition coefficient (Wildman–Crippen LogP) is 1.77. The molecule has 0 unspecified atom stereocenters. The molecule has 2 N–H and O–H groups in total. The summed E-state index contributed by atoms with van der Waals surface area (Å²) in [6, 6.07) is 6.45. The summed E-state index contributed by atoms with van der Waals surface area (Å²) < 4.78 is 13.4. The molecule has 0 aliphatic carbocycles. The average molecular weight is 238 g/mol. The van der Waals surface area contributed by atoms with Crippen LogP contribution in [0.25, 0.3) is 0 Å². The van der Waals surface area contributed by atoms with Crippen molar-refractivity contribution in [3.05, 3.63) is 35.6 Å². The Hall–Kier alpha value is -1.42. The zero-order valence-electron chi connectivity index (χ0n) is 10.5. The largest absolute Gasteiger partial charge is 0.341 e. The summed E-state index contributed by atoms with van der Waals surface area (Å²) in [5.74, 6) is -0.374. The van der Waals surface area contributed by atoms with E-state index in [0.717, 1.165) is 0 Å². The van der Waals surface area contributed by atoms with Crippen LogP contribution >= 0.6 is 0 Å². The number of rotatable bonds is 4. The molecule has 1 rings (SSSR count). The van der Waals surface area contributed by atoms with Gasteiger partial charge in [-0.15, -0.1) is 0 Å². The van der Waals surface area contributed by atoms with Crippen LogP contribution in [0.3, 0.4) is 0 Å². The molecule has 4 heteroatoms. The second-order valence-electron chi connectivity index (χ2n) is 4.84. The topological polar surface area (TPSA) is 46.3 Å². The summed E-state index contributed by atoms with van der Waals surface area (Å²) in [5, 5.41) is 0. The molecule has 0 aromatic heterocycles. The van der Waals surface area contributed by atoms with E-state index in [9.17, 15) is 9.18 Å².